The van der Waals surface area contributed by atoms with Crippen LogP contribution in [0.25, 0.3) is 22.6 Å². The lowest BCUT2D eigenvalue weighted by Crippen LogP contribution is -2.23. The van der Waals surface area contributed by atoms with Gasteiger partial charge in [0.05, 0.1) is 6.04 Å². The van der Waals surface area contributed by atoms with Crippen molar-refractivity contribution < 1.29 is 8.91 Å². The highest BCUT2D eigenvalue weighted by Crippen LogP contribution is 2.27. The molecule has 0 aliphatic heterocycles. The molecule has 1 aliphatic rings. The van der Waals surface area contributed by atoms with Crippen molar-refractivity contribution in [2.24, 2.45) is 0 Å². The zero-order chi connectivity index (χ0) is 17.2. The van der Waals surface area contributed by atoms with Gasteiger partial charge in [-0.3, -0.25) is 4.98 Å². The molecule has 5 nitrogen and oxygen atoms in total. The Morgan fingerprint density at radius 3 is 2.80 bits per heavy atom. The minimum absolute atomic E-state index is 0.0836. The molecule has 1 atom stereocenters. The summed E-state index contributed by atoms with van der Waals surface area (Å²) in [6, 6.07) is 10.8. The first-order chi connectivity index (χ1) is 12.2. The number of aromatic nitrogens is 3. The molecule has 1 N–H and O–H groups in total. The Labute approximate surface area is 145 Å². The van der Waals surface area contributed by atoms with Gasteiger partial charge >= 0.3 is 0 Å². The van der Waals surface area contributed by atoms with Gasteiger partial charge in [0.25, 0.3) is 0 Å². The summed E-state index contributed by atoms with van der Waals surface area (Å²) in [6.07, 6.45) is 5.01. The minimum atomic E-state index is -0.266. The summed E-state index contributed by atoms with van der Waals surface area (Å²) in [4.78, 5) is 8.89. The van der Waals surface area contributed by atoms with E-state index in [1.807, 2.05) is 18.2 Å². The highest BCUT2D eigenvalue weighted by atomic mass is 19.1. The molecule has 0 radical (unpaired) electrons. The number of benzene rings is 1. The molecule has 2 aromatic heterocycles. The summed E-state index contributed by atoms with van der Waals surface area (Å²) in [5, 5.41) is 7.56. The predicted molar refractivity (Wildman–Crippen MR) is 92.1 cm³/mol. The van der Waals surface area contributed by atoms with Gasteiger partial charge in [-0.25, -0.2) is 4.39 Å². The second kappa shape index (κ2) is 6.72. The fourth-order valence-electron chi connectivity index (χ4n) is 2.74. The van der Waals surface area contributed by atoms with Gasteiger partial charge in [-0.1, -0.05) is 30.3 Å². The Hall–Kier alpha value is -2.60. The van der Waals surface area contributed by atoms with E-state index in [-0.39, 0.29) is 11.9 Å². The van der Waals surface area contributed by atoms with Crippen molar-refractivity contribution in [1.29, 1.82) is 0 Å². The SMILES string of the molecule is CCC(NC1CC1)c1nc(-c2ccc(-c3cccc(F)c3)cn2)no1. The van der Waals surface area contributed by atoms with Crippen LogP contribution in [0.3, 0.4) is 0 Å². The maximum Gasteiger partial charge on any atom is 0.244 e. The number of hydrogen-bond donors (Lipinski definition) is 1. The number of hydrogen-bond acceptors (Lipinski definition) is 5. The quantitative estimate of drug-likeness (QED) is 0.732. The maximum atomic E-state index is 13.3. The number of rotatable bonds is 6. The average molecular weight is 338 g/mol. The molecule has 1 unspecified atom stereocenters. The Morgan fingerprint density at radius 1 is 1.24 bits per heavy atom. The summed E-state index contributed by atoms with van der Waals surface area (Å²) in [5.41, 5.74) is 2.26. The minimum Gasteiger partial charge on any atom is -0.337 e. The molecular weight excluding hydrogens is 319 g/mol. The Morgan fingerprint density at radius 2 is 2.12 bits per heavy atom. The molecule has 1 aromatic carbocycles. The molecule has 0 saturated heterocycles. The van der Waals surface area contributed by atoms with E-state index in [0.717, 1.165) is 17.5 Å². The molecule has 3 aromatic rings. The number of nitrogens with zero attached hydrogens (tertiary/aromatic N) is 3. The van der Waals surface area contributed by atoms with Gasteiger partial charge in [0.2, 0.25) is 11.7 Å². The van der Waals surface area contributed by atoms with Crippen LogP contribution in [-0.2, 0) is 0 Å². The van der Waals surface area contributed by atoms with Crippen LogP contribution >= 0.6 is 0 Å². The van der Waals surface area contributed by atoms with Crippen LogP contribution in [0.1, 0.15) is 38.1 Å². The van der Waals surface area contributed by atoms with Gasteiger partial charge in [-0.2, -0.15) is 4.98 Å². The summed E-state index contributed by atoms with van der Waals surface area (Å²) in [6.45, 7) is 2.09. The molecular formula is C19H19FN4O. The summed E-state index contributed by atoms with van der Waals surface area (Å²) in [7, 11) is 0. The fraction of sp³-hybridized carbons (Fsp3) is 0.316. The van der Waals surface area contributed by atoms with Crippen LogP contribution < -0.4 is 5.32 Å². The first-order valence-electron chi connectivity index (χ1n) is 8.55. The molecule has 2 heterocycles. The van der Waals surface area contributed by atoms with Crippen molar-refractivity contribution in [3.63, 3.8) is 0 Å². The Bertz CT molecular complexity index is 858. The van der Waals surface area contributed by atoms with Gasteiger partial charge in [0.15, 0.2) is 0 Å². The monoisotopic (exact) mass is 338 g/mol. The van der Waals surface area contributed by atoms with E-state index in [4.69, 9.17) is 4.52 Å². The van der Waals surface area contributed by atoms with Crippen molar-refractivity contribution in [3.05, 3.63) is 54.3 Å². The van der Waals surface area contributed by atoms with Gasteiger partial charge in [0.1, 0.15) is 11.5 Å². The van der Waals surface area contributed by atoms with Gasteiger partial charge < -0.3 is 9.84 Å². The smallest absolute Gasteiger partial charge is 0.244 e. The highest BCUT2D eigenvalue weighted by Gasteiger charge is 2.27. The molecule has 0 spiro atoms. The molecule has 6 heteroatoms. The zero-order valence-electron chi connectivity index (χ0n) is 13.9. The number of nitrogens with one attached hydrogen (secondary N) is 1. The van der Waals surface area contributed by atoms with E-state index in [1.54, 1.807) is 12.3 Å². The van der Waals surface area contributed by atoms with Crippen molar-refractivity contribution >= 4 is 0 Å². The van der Waals surface area contributed by atoms with Crippen LogP contribution in [-0.4, -0.2) is 21.2 Å². The third-order valence-electron chi connectivity index (χ3n) is 4.31. The largest absolute Gasteiger partial charge is 0.337 e. The van der Waals surface area contributed by atoms with Crippen LogP contribution in [0.15, 0.2) is 47.1 Å². The lowest BCUT2D eigenvalue weighted by molar-refractivity contribution is 0.324. The molecule has 4 rings (SSSR count). The Kier molecular flexibility index (Phi) is 4.28. The van der Waals surface area contributed by atoms with E-state index in [1.165, 1.54) is 25.0 Å². The first-order valence-corrected chi connectivity index (χ1v) is 8.55. The van der Waals surface area contributed by atoms with Gasteiger partial charge in [-0.15, -0.1) is 0 Å². The molecule has 1 saturated carbocycles. The molecule has 0 bridgehead atoms. The molecule has 0 amide bonds. The van der Waals surface area contributed by atoms with Crippen LogP contribution in [0.2, 0.25) is 0 Å². The maximum absolute atomic E-state index is 13.3. The zero-order valence-corrected chi connectivity index (χ0v) is 13.9. The lowest BCUT2D eigenvalue weighted by Gasteiger charge is -2.10. The third kappa shape index (κ3) is 3.58. The summed E-state index contributed by atoms with van der Waals surface area (Å²) in [5.74, 6) is 0.801. The van der Waals surface area contributed by atoms with E-state index in [2.05, 4.69) is 27.4 Å². The van der Waals surface area contributed by atoms with Crippen molar-refractivity contribution in [2.75, 3.05) is 0 Å². The van der Waals surface area contributed by atoms with Crippen molar-refractivity contribution in [1.82, 2.24) is 20.4 Å². The molecule has 25 heavy (non-hydrogen) atoms. The highest BCUT2D eigenvalue weighted by molar-refractivity contribution is 5.64. The van der Waals surface area contributed by atoms with Gasteiger partial charge in [-0.05, 0) is 43.0 Å². The second-order valence-electron chi connectivity index (χ2n) is 6.30. The van der Waals surface area contributed by atoms with E-state index in [0.29, 0.717) is 23.5 Å². The second-order valence-corrected chi connectivity index (χ2v) is 6.30. The van der Waals surface area contributed by atoms with E-state index < -0.39 is 0 Å². The normalized spacial score (nSPS) is 15.3. The van der Waals surface area contributed by atoms with Crippen LogP contribution in [0.5, 0.6) is 0 Å². The Balaban J connectivity index is 1.54. The standard InChI is InChI=1S/C19H19FN4O/c1-2-16(22-15-7-8-15)19-23-18(24-25-19)17-9-6-13(11-21-17)12-4-3-5-14(20)10-12/h3-6,9-11,15-16,22H,2,7-8H2,1H3. The van der Waals surface area contributed by atoms with E-state index >= 15 is 0 Å². The van der Waals surface area contributed by atoms with Gasteiger partial charge in [0, 0.05) is 17.8 Å². The molecule has 1 aliphatic carbocycles. The topological polar surface area (TPSA) is 63.8 Å². The lowest BCUT2D eigenvalue weighted by atomic mass is 10.1. The van der Waals surface area contributed by atoms with Crippen LogP contribution in [0, 0.1) is 5.82 Å². The average Bonchev–Trinajstić information content (AvgIpc) is 3.33. The predicted octanol–water partition coefficient (Wildman–Crippen LogP) is 4.14. The molecule has 1 fully saturated rings. The van der Waals surface area contributed by atoms with Crippen molar-refractivity contribution in [2.45, 2.75) is 38.3 Å². The van der Waals surface area contributed by atoms with Crippen LogP contribution in [0.4, 0.5) is 4.39 Å². The third-order valence-corrected chi connectivity index (χ3v) is 4.31. The summed E-state index contributed by atoms with van der Waals surface area (Å²) >= 11 is 0. The number of pyridine rings is 1. The first kappa shape index (κ1) is 15.9. The van der Waals surface area contributed by atoms with E-state index in [9.17, 15) is 4.39 Å². The fourth-order valence-corrected chi connectivity index (χ4v) is 2.74. The molecule has 128 valence electrons. The van der Waals surface area contributed by atoms with Crippen molar-refractivity contribution in [3.8, 4) is 22.6 Å². The number of halogens is 1. The summed E-state index contributed by atoms with van der Waals surface area (Å²) < 4.78 is 18.8.